The van der Waals surface area contributed by atoms with E-state index in [2.05, 4.69) is 60.6 Å². The maximum absolute atomic E-state index is 11.0. The van der Waals surface area contributed by atoms with Crippen molar-refractivity contribution in [1.82, 2.24) is 0 Å². The molecular weight excluding hydrogens is 300 g/mol. The average Bonchev–Trinajstić information content (AvgIpc) is 2.43. The second kappa shape index (κ2) is 8.04. The van der Waals surface area contributed by atoms with Gasteiger partial charge in [0, 0.05) is 5.56 Å². The van der Waals surface area contributed by atoms with Crippen LogP contribution in [0.3, 0.4) is 0 Å². The van der Waals surface area contributed by atoms with Gasteiger partial charge in [-0.15, -0.1) is 0 Å². The number of aliphatic carboxylic acids is 1. The monoisotopic (exact) mass is 334 g/mol. The number of hydrogen-bond acceptors (Lipinski definition) is 2. The summed E-state index contributed by atoms with van der Waals surface area (Å²) in [6.45, 7) is 15.0. The second-order valence-corrected chi connectivity index (χ2v) is 8.65. The third-order valence-electron chi connectivity index (χ3n) is 4.23. The predicted octanol–water partition coefficient (Wildman–Crippen LogP) is 5.48. The Labute approximate surface area is 147 Å². The van der Waals surface area contributed by atoms with E-state index in [-0.39, 0.29) is 17.4 Å². The lowest BCUT2D eigenvalue weighted by molar-refractivity contribution is -0.139. The van der Waals surface area contributed by atoms with Gasteiger partial charge < -0.3 is 9.84 Å². The largest absolute Gasteiger partial charge is 0.481 e. The third kappa shape index (κ3) is 5.85. The molecule has 0 amide bonds. The van der Waals surface area contributed by atoms with Crippen molar-refractivity contribution in [3.8, 4) is 5.75 Å². The van der Waals surface area contributed by atoms with E-state index >= 15 is 0 Å². The lowest BCUT2D eigenvalue weighted by atomic mass is 9.78. The molecule has 0 heterocycles. The van der Waals surface area contributed by atoms with Gasteiger partial charge in [0.1, 0.15) is 5.75 Å². The molecule has 0 aliphatic heterocycles. The molecule has 3 nitrogen and oxygen atoms in total. The normalized spacial score (nSPS) is 12.3. The summed E-state index contributed by atoms with van der Waals surface area (Å²) < 4.78 is 5.76. The van der Waals surface area contributed by atoms with Crippen molar-refractivity contribution in [2.45, 2.75) is 85.0 Å². The molecule has 24 heavy (non-hydrogen) atoms. The zero-order valence-corrected chi connectivity index (χ0v) is 16.5. The zero-order chi connectivity index (χ0) is 18.5. The highest BCUT2D eigenvalue weighted by atomic mass is 16.5. The molecule has 1 rings (SSSR count). The van der Waals surface area contributed by atoms with Crippen molar-refractivity contribution in [3.63, 3.8) is 0 Å². The lowest BCUT2D eigenvalue weighted by Crippen LogP contribution is -2.21. The highest BCUT2D eigenvalue weighted by Gasteiger charge is 2.26. The van der Waals surface area contributed by atoms with E-state index in [1.54, 1.807) is 0 Å². The van der Waals surface area contributed by atoms with Crippen molar-refractivity contribution in [2.75, 3.05) is 6.61 Å². The number of unbranched alkanes of at least 4 members (excludes halogenated alkanes) is 2. The van der Waals surface area contributed by atoms with E-state index in [9.17, 15) is 4.79 Å². The van der Waals surface area contributed by atoms with Crippen LogP contribution in [-0.2, 0) is 22.0 Å². The highest BCUT2D eigenvalue weighted by molar-refractivity contribution is 5.68. The van der Waals surface area contributed by atoms with Gasteiger partial charge in [0.15, 0.2) is 6.61 Å². The first-order chi connectivity index (χ1) is 11.0. The van der Waals surface area contributed by atoms with E-state index in [1.165, 1.54) is 12.0 Å². The van der Waals surface area contributed by atoms with Crippen molar-refractivity contribution in [3.05, 3.63) is 28.8 Å². The van der Waals surface area contributed by atoms with Crippen LogP contribution < -0.4 is 4.74 Å². The molecule has 0 bridgehead atoms. The molecule has 0 unspecified atom stereocenters. The van der Waals surface area contributed by atoms with Crippen LogP contribution in [0.2, 0.25) is 0 Å². The quantitative estimate of drug-likeness (QED) is 0.672. The van der Waals surface area contributed by atoms with Crippen LogP contribution in [0.1, 0.15) is 84.4 Å². The van der Waals surface area contributed by atoms with E-state index in [1.807, 2.05) is 0 Å². The molecule has 1 aromatic carbocycles. The van der Waals surface area contributed by atoms with Crippen LogP contribution in [0, 0.1) is 0 Å². The molecule has 0 fully saturated rings. The highest BCUT2D eigenvalue weighted by Crippen LogP contribution is 2.39. The van der Waals surface area contributed by atoms with Crippen molar-refractivity contribution < 1.29 is 14.6 Å². The number of benzene rings is 1. The van der Waals surface area contributed by atoms with Gasteiger partial charge in [-0.25, -0.2) is 4.79 Å². The fraction of sp³-hybridized carbons (Fsp3) is 0.667. The molecule has 1 N–H and O–H groups in total. The lowest BCUT2D eigenvalue weighted by Gasteiger charge is -2.29. The van der Waals surface area contributed by atoms with Crippen LogP contribution in [-0.4, -0.2) is 17.7 Å². The fourth-order valence-electron chi connectivity index (χ4n) is 2.73. The fourth-order valence-corrected chi connectivity index (χ4v) is 2.73. The summed E-state index contributed by atoms with van der Waals surface area (Å²) in [6, 6.07) is 4.41. The summed E-state index contributed by atoms with van der Waals surface area (Å²) in [7, 11) is 0. The number of ether oxygens (including phenoxy) is 1. The third-order valence-corrected chi connectivity index (χ3v) is 4.23. The summed E-state index contributed by atoms with van der Waals surface area (Å²) in [4.78, 5) is 11.0. The van der Waals surface area contributed by atoms with Gasteiger partial charge in [0.2, 0.25) is 0 Å². The Morgan fingerprint density at radius 2 is 1.67 bits per heavy atom. The van der Waals surface area contributed by atoms with E-state index in [4.69, 9.17) is 9.84 Å². The molecule has 0 saturated carbocycles. The average molecular weight is 335 g/mol. The van der Waals surface area contributed by atoms with E-state index < -0.39 is 5.97 Å². The van der Waals surface area contributed by atoms with E-state index in [0.717, 1.165) is 36.1 Å². The van der Waals surface area contributed by atoms with Gasteiger partial charge in [-0.1, -0.05) is 73.4 Å². The molecule has 3 heteroatoms. The SMILES string of the molecule is CCCCCc1cc(C(C)(C)C)cc(C(C)(C)C)c1OCC(=O)O. The number of carboxylic acid groups (broad SMARTS) is 1. The maximum atomic E-state index is 11.0. The molecule has 0 aromatic heterocycles. The minimum Gasteiger partial charge on any atom is -0.481 e. The van der Waals surface area contributed by atoms with Crippen LogP contribution in [0.5, 0.6) is 5.75 Å². The van der Waals surface area contributed by atoms with Crippen LogP contribution in [0.4, 0.5) is 0 Å². The van der Waals surface area contributed by atoms with Crippen molar-refractivity contribution >= 4 is 5.97 Å². The molecule has 1 aromatic rings. The Hall–Kier alpha value is -1.51. The van der Waals surface area contributed by atoms with Crippen molar-refractivity contribution in [2.24, 2.45) is 0 Å². The first-order valence-electron chi connectivity index (χ1n) is 8.99. The Balaban J connectivity index is 3.44. The Morgan fingerprint density at radius 1 is 1.04 bits per heavy atom. The zero-order valence-electron chi connectivity index (χ0n) is 16.5. The van der Waals surface area contributed by atoms with Gasteiger partial charge >= 0.3 is 5.97 Å². The first kappa shape index (κ1) is 20.5. The molecular formula is C21H34O3. The number of rotatable bonds is 7. The molecule has 0 aliphatic rings. The Bertz CT molecular complexity index is 560. The maximum Gasteiger partial charge on any atom is 0.341 e. The summed E-state index contributed by atoms with van der Waals surface area (Å²) in [6.07, 6.45) is 4.35. The summed E-state index contributed by atoms with van der Waals surface area (Å²) in [5.74, 6) is -0.164. The Kier molecular flexibility index (Phi) is 6.88. The number of carboxylic acids is 1. The Morgan fingerprint density at radius 3 is 2.12 bits per heavy atom. The van der Waals surface area contributed by atoms with Gasteiger partial charge in [-0.05, 0) is 34.8 Å². The van der Waals surface area contributed by atoms with Gasteiger partial charge in [0.25, 0.3) is 0 Å². The number of carbonyl (C=O) groups is 1. The molecule has 0 saturated heterocycles. The van der Waals surface area contributed by atoms with Crippen molar-refractivity contribution in [1.29, 1.82) is 0 Å². The van der Waals surface area contributed by atoms with Crippen LogP contribution >= 0.6 is 0 Å². The smallest absolute Gasteiger partial charge is 0.341 e. The second-order valence-electron chi connectivity index (χ2n) is 8.65. The standard InChI is InChI=1S/C21H34O3/c1-8-9-10-11-15-12-16(20(2,3)4)13-17(21(5,6)7)19(15)24-14-18(22)23/h12-13H,8-11,14H2,1-7H3,(H,22,23). The number of hydrogen-bond donors (Lipinski definition) is 1. The molecule has 0 radical (unpaired) electrons. The first-order valence-corrected chi connectivity index (χ1v) is 8.99. The summed E-state index contributed by atoms with van der Waals surface area (Å²) in [5.41, 5.74) is 3.46. The minimum absolute atomic E-state index is 0.0465. The predicted molar refractivity (Wildman–Crippen MR) is 100 cm³/mol. The molecule has 0 spiro atoms. The van der Waals surface area contributed by atoms with Gasteiger partial charge in [-0.2, -0.15) is 0 Å². The van der Waals surface area contributed by atoms with Crippen LogP contribution in [0.15, 0.2) is 12.1 Å². The number of aryl methyl sites for hydroxylation is 1. The van der Waals surface area contributed by atoms with Gasteiger partial charge in [0.05, 0.1) is 0 Å². The summed E-state index contributed by atoms with van der Waals surface area (Å²) in [5, 5.41) is 9.03. The molecule has 0 aliphatic carbocycles. The van der Waals surface area contributed by atoms with Crippen LogP contribution in [0.25, 0.3) is 0 Å². The minimum atomic E-state index is -0.936. The van der Waals surface area contributed by atoms with Gasteiger partial charge in [-0.3, -0.25) is 0 Å². The molecule has 0 atom stereocenters. The summed E-state index contributed by atoms with van der Waals surface area (Å²) >= 11 is 0. The topological polar surface area (TPSA) is 46.5 Å². The molecule has 136 valence electrons. The van der Waals surface area contributed by atoms with E-state index in [0.29, 0.717) is 0 Å².